The SMILES string of the molecule is C1=CC2=C(CC1)C1(c3ccccc3Oc3cc(-c4ccc(-c5ccc(-c6cc(-c7ccccc7)nc(-c7ccccc7)n6)cc5)cc4)ccc31)c1ccccc12. The highest BCUT2D eigenvalue weighted by Crippen LogP contribution is 2.63. The Morgan fingerprint density at radius 1 is 0.429 bits per heavy atom. The minimum absolute atomic E-state index is 0.368. The molecule has 0 radical (unpaired) electrons. The summed E-state index contributed by atoms with van der Waals surface area (Å²) in [5, 5.41) is 0. The molecule has 1 atom stereocenters. The first-order valence-electron chi connectivity index (χ1n) is 19.4. The minimum Gasteiger partial charge on any atom is -0.457 e. The van der Waals surface area contributed by atoms with Gasteiger partial charge in [-0.3, -0.25) is 0 Å². The van der Waals surface area contributed by atoms with E-state index in [1.54, 1.807) is 0 Å². The molecule has 0 N–H and O–H groups in total. The van der Waals surface area contributed by atoms with E-state index < -0.39 is 0 Å². The summed E-state index contributed by atoms with van der Waals surface area (Å²) in [5.41, 5.74) is 17.1. The predicted molar refractivity (Wildman–Crippen MR) is 227 cm³/mol. The van der Waals surface area contributed by atoms with Gasteiger partial charge in [-0.25, -0.2) is 9.97 Å². The van der Waals surface area contributed by atoms with E-state index in [0.29, 0.717) is 0 Å². The van der Waals surface area contributed by atoms with Crippen molar-refractivity contribution in [2.45, 2.75) is 18.3 Å². The molecule has 0 saturated heterocycles. The number of fused-ring (bicyclic) bond motifs is 8. The van der Waals surface area contributed by atoms with E-state index in [9.17, 15) is 0 Å². The quantitative estimate of drug-likeness (QED) is 0.178. The Balaban J connectivity index is 0.925. The van der Waals surface area contributed by atoms with Gasteiger partial charge in [-0.15, -0.1) is 0 Å². The third kappa shape index (κ3) is 5.12. The van der Waals surface area contributed by atoms with Crippen molar-refractivity contribution in [1.82, 2.24) is 9.97 Å². The lowest BCUT2D eigenvalue weighted by Crippen LogP contribution is -2.33. The number of benzene rings is 7. The highest BCUT2D eigenvalue weighted by Gasteiger charge is 2.51. The van der Waals surface area contributed by atoms with Crippen molar-refractivity contribution < 1.29 is 4.74 Å². The van der Waals surface area contributed by atoms with Crippen LogP contribution in [0.3, 0.4) is 0 Å². The standard InChI is InChI=1S/C53H36N2O/c1-3-13-38(14-4-1)48-34-49(55-52(54-48)40-15-5-2-6-16-40)39-29-27-36(28-30-39)35-23-25-37(26-24-35)41-31-32-47-51(33-41)56-50-22-12-11-21-46(50)53(47)44-19-9-7-17-42(44)43-18-8-10-20-45(43)53/h1-9,11-19,21-34H,10,20H2. The highest BCUT2D eigenvalue weighted by molar-refractivity contribution is 5.92. The summed E-state index contributed by atoms with van der Waals surface area (Å²) in [6.45, 7) is 0. The molecule has 0 fully saturated rings. The van der Waals surface area contributed by atoms with Gasteiger partial charge in [0.2, 0.25) is 0 Å². The monoisotopic (exact) mass is 716 g/mol. The first-order chi connectivity index (χ1) is 27.7. The Bertz CT molecular complexity index is 2800. The molecular formula is C53H36N2O. The Morgan fingerprint density at radius 3 is 1.68 bits per heavy atom. The predicted octanol–water partition coefficient (Wildman–Crippen LogP) is 13.4. The molecule has 2 heterocycles. The summed E-state index contributed by atoms with van der Waals surface area (Å²) >= 11 is 0. The zero-order valence-corrected chi connectivity index (χ0v) is 30.7. The number of allylic oxidation sites excluding steroid dienone is 4. The lowest BCUT2D eigenvalue weighted by atomic mass is 9.64. The third-order valence-electron chi connectivity index (χ3n) is 11.7. The molecule has 8 aromatic rings. The second-order valence-corrected chi connectivity index (χ2v) is 14.8. The second-order valence-electron chi connectivity index (χ2n) is 14.8. The lowest BCUT2D eigenvalue weighted by molar-refractivity contribution is 0.432. The molecule has 3 nitrogen and oxygen atoms in total. The average molecular weight is 717 g/mol. The van der Waals surface area contributed by atoms with Gasteiger partial charge in [-0.05, 0) is 75.6 Å². The van der Waals surface area contributed by atoms with Gasteiger partial charge in [0.05, 0.1) is 16.8 Å². The van der Waals surface area contributed by atoms with Crippen molar-refractivity contribution in [2.75, 3.05) is 0 Å². The molecule has 3 heteroatoms. The number of rotatable bonds is 5. The average Bonchev–Trinajstić information content (AvgIpc) is 3.57. The largest absolute Gasteiger partial charge is 0.457 e. The Hall–Kier alpha value is -7.10. The van der Waals surface area contributed by atoms with Crippen molar-refractivity contribution in [1.29, 1.82) is 0 Å². The number of para-hydroxylation sites is 1. The van der Waals surface area contributed by atoms with Crippen LogP contribution < -0.4 is 4.74 Å². The van der Waals surface area contributed by atoms with E-state index in [1.165, 1.54) is 33.4 Å². The third-order valence-corrected chi connectivity index (χ3v) is 11.7. The van der Waals surface area contributed by atoms with Crippen molar-refractivity contribution in [3.8, 4) is 67.7 Å². The van der Waals surface area contributed by atoms with Gasteiger partial charge in [0.15, 0.2) is 5.82 Å². The van der Waals surface area contributed by atoms with Gasteiger partial charge in [0.25, 0.3) is 0 Å². The van der Waals surface area contributed by atoms with E-state index in [0.717, 1.165) is 80.5 Å². The number of hydrogen-bond acceptors (Lipinski definition) is 3. The molecule has 1 aliphatic heterocycles. The Morgan fingerprint density at radius 2 is 0.964 bits per heavy atom. The van der Waals surface area contributed by atoms with Crippen molar-refractivity contribution >= 4 is 5.57 Å². The number of nitrogens with zero attached hydrogens (tertiary/aromatic N) is 2. The van der Waals surface area contributed by atoms with Crippen LogP contribution in [0.1, 0.15) is 35.1 Å². The van der Waals surface area contributed by atoms with Crippen LogP contribution in [0.2, 0.25) is 0 Å². The highest BCUT2D eigenvalue weighted by atomic mass is 16.5. The zero-order chi connectivity index (χ0) is 37.1. The molecule has 1 aromatic heterocycles. The normalized spacial score (nSPS) is 16.1. The summed E-state index contributed by atoms with van der Waals surface area (Å²) in [4.78, 5) is 9.97. The van der Waals surface area contributed by atoms with Crippen molar-refractivity contribution in [3.63, 3.8) is 0 Å². The summed E-state index contributed by atoms with van der Waals surface area (Å²) in [7, 11) is 0. The van der Waals surface area contributed by atoms with E-state index in [1.807, 2.05) is 36.4 Å². The number of aromatic nitrogens is 2. The number of hydrogen-bond donors (Lipinski definition) is 0. The summed E-state index contributed by atoms with van der Waals surface area (Å²) in [6, 6.07) is 64.6. The maximum absolute atomic E-state index is 6.78. The fraction of sp³-hybridized carbons (Fsp3) is 0.0566. The van der Waals surface area contributed by atoms with Crippen LogP contribution in [-0.4, -0.2) is 9.97 Å². The van der Waals surface area contributed by atoms with Crippen LogP contribution in [0.25, 0.3) is 61.7 Å². The maximum Gasteiger partial charge on any atom is 0.160 e. The van der Waals surface area contributed by atoms with Crippen molar-refractivity contribution in [3.05, 3.63) is 222 Å². The van der Waals surface area contributed by atoms with E-state index in [2.05, 4.69) is 158 Å². The second kappa shape index (κ2) is 13.0. The molecule has 0 bridgehead atoms. The van der Waals surface area contributed by atoms with Gasteiger partial charge in [-0.2, -0.15) is 0 Å². The zero-order valence-electron chi connectivity index (χ0n) is 30.7. The minimum atomic E-state index is -0.368. The van der Waals surface area contributed by atoms with Crippen LogP contribution in [0.4, 0.5) is 0 Å². The molecule has 2 aliphatic carbocycles. The van der Waals surface area contributed by atoms with E-state index in [-0.39, 0.29) is 5.41 Å². The fourth-order valence-corrected chi connectivity index (χ4v) is 9.11. The maximum atomic E-state index is 6.78. The smallest absolute Gasteiger partial charge is 0.160 e. The first-order valence-corrected chi connectivity index (χ1v) is 19.4. The molecule has 0 saturated carbocycles. The molecule has 7 aromatic carbocycles. The van der Waals surface area contributed by atoms with Crippen LogP contribution in [0.15, 0.2) is 200 Å². The molecule has 56 heavy (non-hydrogen) atoms. The molecule has 1 unspecified atom stereocenters. The molecular weight excluding hydrogens is 681 g/mol. The molecule has 0 amide bonds. The van der Waals surface area contributed by atoms with Crippen LogP contribution in [0.5, 0.6) is 11.5 Å². The molecule has 11 rings (SSSR count). The Labute approximate surface area is 327 Å². The van der Waals surface area contributed by atoms with Gasteiger partial charge >= 0.3 is 0 Å². The summed E-state index contributed by atoms with van der Waals surface area (Å²) < 4.78 is 6.78. The van der Waals surface area contributed by atoms with Crippen LogP contribution >= 0.6 is 0 Å². The van der Waals surface area contributed by atoms with E-state index in [4.69, 9.17) is 14.7 Å². The van der Waals surface area contributed by atoms with Gasteiger partial charge in [0, 0.05) is 27.8 Å². The van der Waals surface area contributed by atoms with Gasteiger partial charge < -0.3 is 4.74 Å². The van der Waals surface area contributed by atoms with Gasteiger partial charge in [-0.1, -0.05) is 176 Å². The molecule has 3 aliphatic rings. The Kier molecular flexibility index (Phi) is 7.53. The van der Waals surface area contributed by atoms with E-state index >= 15 is 0 Å². The summed E-state index contributed by atoms with van der Waals surface area (Å²) in [5.74, 6) is 2.58. The number of ether oxygens (including phenoxy) is 1. The topological polar surface area (TPSA) is 35.0 Å². The first kappa shape index (κ1) is 32.3. The molecule has 1 spiro atoms. The van der Waals surface area contributed by atoms with Crippen molar-refractivity contribution in [2.24, 2.45) is 0 Å². The molecule has 264 valence electrons. The van der Waals surface area contributed by atoms with Crippen LogP contribution in [-0.2, 0) is 5.41 Å². The lowest BCUT2D eigenvalue weighted by Gasteiger charge is -2.41. The summed E-state index contributed by atoms with van der Waals surface area (Å²) in [6.07, 6.45) is 6.74. The van der Waals surface area contributed by atoms with Crippen LogP contribution in [0, 0.1) is 0 Å². The van der Waals surface area contributed by atoms with Gasteiger partial charge in [0.1, 0.15) is 11.5 Å². The fourth-order valence-electron chi connectivity index (χ4n) is 9.11.